The molecule has 0 atom stereocenters. The van der Waals surface area contributed by atoms with E-state index in [2.05, 4.69) is 15.3 Å². The lowest BCUT2D eigenvalue weighted by molar-refractivity contribution is 0.0565. The Morgan fingerprint density at radius 2 is 1.85 bits per heavy atom. The third-order valence-electron chi connectivity index (χ3n) is 4.25. The first kappa shape index (κ1) is 18.6. The van der Waals surface area contributed by atoms with Crippen LogP contribution in [0.2, 0.25) is 0 Å². The zero-order chi connectivity index (χ0) is 19.2. The zero-order valence-electron chi connectivity index (χ0n) is 15.5. The molecule has 27 heavy (non-hydrogen) atoms. The molecular formula is C19H23N5O3. The number of amides is 2. The first-order valence-corrected chi connectivity index (χ1v) is 8.93. The highest BCUT2D eigenvalue weighted by atomic mass is 16.6. The summed E-state index contributed by atoms with van der Waals surface area (Å²) in [6.45, 7) is 5.92. The fourth-order valence-electron chi connectivity index (χ4n) is 2.84. The Bertz CT molecular complexity index is 801. The lowest BCUT2D eigenvalue weighted by Gasteiger charge is -2.33. The van der Waals surface area contributed by atoms with Gasteiger partial charge in [0.1, 0.15) is 11.5 Å². The number of aromatic nitrogens is 2. The van der Waals surface area contributed by atoms with Crippen LogP contribution in [0.4, 0.5) is 16.3 Å². The highest BCUT2D eigenvalue weighted by Gasteiger charge is 2.26. The highest BCUT2D eigenvalue weighted by Crippen LogP contribution is 2.15. The Hall–Kier alpha value is -3.16. The Kier molecular flexibility index (Phi) is 5.85. The van der Waals surface area contributed by atoms with E-state index in [0.717, 1.165) is 11.3 Å². The van der Waals surface area contributed by atoms with Crippen LogP contribution in [0.3, 0.4) is 0 Å². The molecule has 3 rings (SSSR count). The molecule has 2 heterocycles. The number of rotatable bonds is 4. The molecule has 2 aromatic rings. The topological polar surface area (TPSA) is 87.7 Å². The second-order valence-electron chi connectivity index (χ2n) is 6.26. The molecule has 8 heteroatoms. The second-order valence-corrected chi connectivity index (χ2v) is 6.26. The average Bonchev–Trinajstić information content (AvgIpc) is 2.68. The summed E-state index contributed by atoms with van der Waals surface area (Å²) in [7, 11) is 0. The van der Waals surface area contributed by atoms with E-state index < -0.39 is 0 Å². The minimum atomic E-state index is -0.337. The van der Waals surface area contributed by atoms with Crippen molar-refractivity contribution in [2.45, 2.75) is 13.8 Å². The summed E-state index contributed by atoms with van der Waals surface area (Å²) in [6, 6.07) is 7.92. The van der Waals surface area contributed by atoms with Crippen LogP contribution in [0, 0.1) is 6.92 Å². The van der Waals surface area contributed by atoms with Gasteiger partial charge in [0.05, 0.1) is 19.0 Å². The Morgan fingerprint density at radius 3 is 2.48 bits per heavy atom. The molecule has 0 unspecified atom stereocenters. The molecular weight excluding hydrogens is 346 g/mol. The minimum absolute atomic E-state index is 0.187. The molecule has 1 aliphatic rings. The summed E-state index contributed by atoms with van der Waals surface area (Å²) in [6.07, 6.45) is 2.68. The summed E-state index contributed by atoms with van der Waals surface area (Å²) in [4.78, 5) is 36.1. The number of hydrogen-bond acceptors (Lipinski definition) is 6. The number of ether oxygens (including phenoxy) is 1. The van der Waals surface area contributed by atoms with E-state index in [4.69, 9.17) is 4.74 Å². The summed E-state index contributed by atoms with van der Waals surface area (Å²) in [5.74, 6) is 0.386. The van der Waals surface area contributed by atoms with E-state index in [1.54, 1.807) is 22.9 Å². The molecule has 142 valence electrons. The minimum Gasteiger partial charge on any atom is -0.450 e. The van der Waals surface area contributed by atoms with Gasteiger partial charge >= 0.3 is 6.09 Å². The van der Waals surface area contributed by atoms with E-state index >= 15 is 0 Å². The predicted molar refractivity (Wildman–Crippen MR) is 101 cm³/mol. The molecule has 0 spiro atoms. The lowest BCUT2D eigenvalue weighted by Crippen LogP contribution is -2.50. The normalized spacial score (nSPS) is 14.0. The number of carbonyl (C=O) groups excluding carboxylic acids is 2. The first-order chi connectivity index (χ1) is 13.1. The molecule has 2 amide bonds. The molecule has 1 aliphatic heterocycles. The third kappa shape index (κ3) is 4.72. The average molecular weight is 369 g/mol. The van der Waals surface area contributed by atoms with Crippen LogP contribution in [0.1, 0.15) is 23.0 Å². The standard InChI is InChI=1S/C19H23N5O3/c1-3-27-19(26)24-9-7-23(8-10-24)18(25)16-12-21-17(13-20-16)22-15-6-4-5-14(2)11-15/h4-6,11-13H,3,7-10H2,1-2H3,(H,21,22). The van der Waals surface area contributed by atoms with E-state index in [-0.39, 0.29) is 17.7 Å². The fraction of sp³-hybridized carbons (Fsp3) is 0.368. The van der Waals surface area contributed by atoms with Crippen LogP contribution in [0.25, 0.3) is 0 Å². The van der Waals surface area contributed by atoms with Gasteiger partial charge in [0.15, 0.2) is 0 Å². The van der Waals surface area contributed by atoms with E-state index in [9.17, 15) is 9.59 Å². The number of piperazine rings is 1. The molecule has 0 aliphatic carbocycles. The lowest BCUT2D eigenvalue weighted by atomic mass is 10.2. The van der Waals surface area contributed by atoms with E-state index in [1.807, 2.05) is 31.2 Å². The number of anilines is 2. The maximum Gasteiger partial charge on any atom is 0.409 e. The molecule has 1 fully saturated rings. The van der Waals surface area contributed by atoms with Gasteiger partial charge in [0, 0.05) is 31.9 Å². The number of nitrogens with one attached hydrogen (secondary N) is 1. The van der Waals surface area contributed by atoms with Crippen LogP contribution in [-0.2, 0) is 4.74 Å². The molecule has 0 saturated carbocycles. The quantitative estimate of drug-likeness (QED) is 0.891. The zero-order valence-corrected chi connectivity index (χ0v) is 15.5. The fourth-order valence-corrected chi connectivity index (χ4v) is 2.84. The van der Waals surface area contributed by atoms with Crippen molar-refractivity contribution in [3.05, 3.63) is 47.9 Å². The van der Waals surface area contributed by atoms with Gasteiger partial charge < -0.3 is 19.9 Å². The number of nitrogens with zero attached hydrogens (tertiary/aromatic N) is 4. The van der Waals surface area contributed by atoms with Crippen LogP contribution in [0.15, 0.2) is 36.7 Å². The summed E-state index contributed by atoms with van der Waals surface area (Å²) in [5, 5.41) is 3.16. The largest absolute Gasteiger partial charge is 0.450 e. The second kappa shape index (κ2) is 8.48. The van der Waals surface area contributed by atoms with Gasteiger partial charge in [-0.3, -0.25) is 4.79 Å². The van der Waals surface area contributed by atoms with Crippen molar-refractivity contribution in [3.63, 3.8) is 0 Å². The number of carbonyl (C=O) groups is 2. The maximum atomic E-state index is 12.6. The van der Waals surface area contributed by atoms with Crippen molar-refractivity contribution in [1.29, 1.82) is 0 Å². The summed E-state index contributed by atoms with van der Waals surface area (Å²) in [5.41, 5.74) is 2.34. The van der Waals surface area contributed by atoms with Gasteiger partial charge in [0.2, 0.25) is 0 Å². The van der Waals surface area contributed by atoms with Gasteiger partial charge in [-0.15, -0.1) is 0 Å². The monoisotopic (exact) mass is 369 g/mol. The third-order valence-corrected chi connectivity index (χ3v) is 4.25. The Balaban J connectivity index is 1.57. The van der Waals surface area contributed by atoms with E-state index in [0.29, 0.717) is 38.6 Å². The maximum absolute atomic E-state index is 12.6. The Morgan fingerprint density at radius 1 is 1.11 bits per heavy atom. The molecule has 1 saturated heterocycles. The first-order valence-electron chi connectivity index (χ1n) is 8.93. The van der Waals surface area contributed by atoms with Gasteiger partial charge in [-0.1, -0.05) is 12.1 Å². The molecule has 1 N–H and O–H groups in total. The smallest absolute Gasteiger partial charge is 0.409 e. The van der Waals surface area contributed by atoms with Gasteiger partial charge in [-0.25, -0.2) is 14.8 Å². The van der Waals surface area contributed by atoms with Crippen LogP contribution in [-0.4, -0.2) is 64.6 Å². The van der Waals surface area contributed by atoms with Gasteiger partial charge in [-0.2, -0.15) is 0 Å². The van der Waals surface area contributed by atoms with Crippen molar-refractivity contribution in [2.24, 2.45) is 0 Å². The highest BCUT2D eigenvalue weighted by molar-refractivity contribution is 5.92. The van der Waals surface area contributed by atoms with Gasteiger partial charge in [0.25, 0.3) is 5.91 Å². The molecule has 0 radical (unpaired) electrons. The molecule has 1 aromatic carbocycles. The van der Waals surface area contributed by atoms with Crippen molar-refractivity contribution >= 4 is 23.5 Å². The van der Waals surface area contributed by atoms with Crippen molar-refractivity contribution in [1.82, 2.24) is 19.8 Å². The Labute approximate surface area is 158 Å². The number of aryl methyl sites for hydroxylation is 1. The van der Waals surface area contributed by atoms with Crippen molar-refractivity contribution in [3.8, 4) is 0 Å². The van der Waals surface area contributed by atoms with Crippen LogP contribution >= 0.6 is 0 Å². The SMILES string of the molecule is CCOC(=O)N1CCN(C(=O)c2cnc(Nc3cccc(C)c3)cn2)CC1. The summed E-state index contributed by atoms with van der Waals surface area (Å²) >= 11 is 0. The predicted octanol–water partition coefficient (Wildman–Crippen LogP) is 2.44. The number of hydrogen-bond donors (Lipinski definition) is 1. The van der Waals surface area contributed by atoms with Gasteiger partial charge in [-0.05, 0) is 31.5 Å². The van der Waals surface area contributed by atoms with Crippen molar-refractivity contribution < 1.29 is 14.3 Å². The van der Waals surface area contributed by atoms with Crippen LogP contribution < -0.4 is 5.32 Å². The van der Waals surface area contributed by atoms with Crippen LogP contribution in [0.5, 0.6) is 0 Å². The van der Waals surface area contributed by atoms with Crippen molar-refractivity contribution in [2.75, 3.05) is 38.1 Å². The summed E-state index contributed by atoms with van der Waals surface area (Å²) < 4.78 is 4.99. The molecule has 0 bridgehead atoms. The molecule has 8 nitrogen and oxygen atoms in total. The molecule has 1 aromatic heterocycles. The van der Waals surface area contributed by atoms with E-state index in [1.165, 1.54) is 6.20 Å². The number of benzene rings is 1.